The van der Waals surface area contributed by atoms with Gasteiger partial charge in [0, 0.05) is 11.5 Å². The molecule has 3 aromatic rings. The molecule has 0 N–H and O–H groups in total. The molecule has 0 spiro atoms. The summed E-state index contributed by atoms with van der Waals surface area (Å²) in [6.45, 7) is 2.70. The maximum Gasteiger partial charge on any atom is 0.416 e. The van der Waals surface area contributed by atoms with E-state index in [1.807, 2.05) is 18.2 Å². The van der Waals surface area contributed by atoms with Crippen LogP contribution in [0, 0.1) is 0 Å². The van der Waals surface area contributed by atoms with Crippen molar-refractivity contribution in [2.45, 2.75) is 31.9 Å². The Kier molecular flexibility index (Phi) is 6.34. The van der Waals surface area contributed by atoms with Gasteiger partial charge >= 0.3 is 6.18 Å². The van der Waals surface area contributed by atoms with E-state index in [9.17, 15) is 13.2 Å². The Labute approximate surface area is 163 Å². The molecular formula is C23H22F3NO. The van der Waals surface area contributed by atoms with E-state index in [0.29, 0.717) is 29.5 Å². The van der Waals surface area contributed by atoms with E-state index in [0.717, 1.165) is 25.0 Å². The number of halogens is 3. The summed E-state index contributed by atoms with van der Waals surface area (Å²) in [4.78, 5) is 4.33. The van der Waals surface area contributed by atoms with E-state index < -0.39 is 11.7 Å². The number of aromatic nitrogens is 1. The zero-order valence-electron chi connectivity index (χ0n) is 15.6. The van der Waals surface area contributed by atoms with Crippen LogP contribution >= 0.6 is 0 Å². The smallest absolute Gasteiger partial charge is 0.416 e. The summed E-state index contributed by atoms with van der Waals surface area (Å²) < 4.78 is 43.9. The van der Waals surface area contributed by atoms with Crippen LogP contribution in [-0.2, 0) is 6.18 Å². The fourth-order valence-corrected chi connectivity index (χ4v) is 3.08. The van der Waals surface area contributed by atoms with Crippen molar-refractivity contribution < 1.29 is 17.9 Å². The third-order valence-electron chi connectivity index (χ3n) is 4.60. The molecule has 0 saturated heterocycles. The molecule has 0 aliphatic rings. The molecule has 1 unspecified atom stereocenters. The molecule has 0 bridgehead atoms. The maximum atomic E-state index is 12.7. The van der Waals surface area contributed by atoms with E-state index in [1.54, 1.807) is 18.3 Å². The Morgan fingerprint density at radius 2 is 1.64 bits per heavy atom. The lowest BCUT2D eigenvalue weighted by molar-refractivity contribution is -0.137. The van der Waals surface area contributed by atoms with Crippen LogP contribution in [0.25, 0.3) is 11.3 Å². The summed E-state index contributed by atoms with van der Waals surface area (Å²) >= 11 is 0. The molecule has 1 atom stereocenters. The highest BCUT2D eigenvalue weighted by Gasteiger charge is 2.30. The Hall–Kier alpha value is -2.82. The van der Waals surface area contributed by atoms with Crippen molar-refractivity contribution in [2.75, 3.05) is 6.61 Å². The van der Waals surface area contributed by atoms with Crippen molar-refractivity contribution in [3.8, 4) is 17.0 Å². The van der Waals surface area contributed by atoms with Crippen LogP contribution in [-0.4, -0.2) is 11.6 Å². The predicted octanol–water partition coefficient (Wildman–Crippen LogP) is 6.73. The Morgan fingerprint density at radius 1 is 0.929 bits per heavy atom. The van der Waals surface area contributed by atoms with Crippen molar-refractivity contribution in [3.05, 3.63) is 84.1 Å². The molecule has 0 amide bonds. The van der Waals surface area contributed by atoms with Gasteiger partial charge in [0.2, 0.25) is 0 Å². The molecule has 146 valence electrons. The number of rotatable bonds is 7. The third-order valence-corrected chi connectivity index (χ3v) is 4.60. The van der Waals surface area contributed by atoms with E-state index in [-0.39, 0.29) is 0 Å². The quantitative estimate of drug-likeness (QED) is 0.450. The SMILES string of the molecule is CCCC(COc1ccc(-c2ccc(C(F)(F)F)cc2)nc1)c1ccccc1. The van der Waals surface area contributed by atoms with Crippen molar-refractivity contribution >= 4 is 0 Å². The minimum absolute atomic E-state index is 0.306. The second-order valence-corrected chi connectivity index (χ2v) is 6.66. The monoisotopic (exact) mass is 385 g/mol. The van der Waals surface area contributed by atoms with Gasteiger partial charge in [-0.1, -0.05) is 55.8 Å². The Morgan fingerprint density at radius 3 is 2.21 bits per heavy atom. The molecule has 0 fully saturated rings. The standard InChI is InChI=1S/C23H22F3NO/c1-2-6-19(17-7-4-3-5-8-17)16-28-21-13-14-22(27-15-21)18-9-11-20(12-10-18)23(24,25)26/h3-5,7-15,19H,2,6,16H2,1H3. The number of hydrogen-bond acceptors (Lipinski definition) is 2. The second-order valence-electron chi connectivity index (χ2n) is 6.66. The predicted molar refractivity (Wildman–Crippen MR) is 104 cm³/mol. The number of alkyl halides is 3. The highest BCUT2D eigenvalue weighted by atomic mass is 19.4. The van der Waals surface area contributed by atoms with Crippen molar-refractivity contribution in [1.82, 2.24) is 4.98 Å². The number of benzene rings is 2. The molecule has 2 nitrogen and oxygen atoms in total. The summed E-state index contributed by atoms with van der Waals surface area (Å²) in [5.41, 5.74) is 1.82. The topological polar surface area (TPSA) is 22.1 Å². The van der Waals surface area contributed by atoms with Gasteiger partial charge in [-0.05, 0) is 36.2 Å². The van der Waals surface area contributed by atoms with Crippen molar-refractivity contribution in [3.63, 3.8) is 0 Å². The van der Waals surface area contributed by atoms with Gasteiger partial charge in [0.15, 0.2) is 0 Å². The Bertz CT molecular complexity index is 859. The Balaban J connectivity index is 1.65. The van der Waals surface area contributed by atoms with Crippen LogP contribution in [0.15, 0.2) is 72.9 Å². The van der Waals surface area contributed by atoms with Crippen LogP contribution in [0.5, 0.6) is 5.75 Å². The van der Waals surface area contributed by atoms with Crippen LogP contribution in [0.4, 0.5) is 13.2 Å². The first-order valence-electron chi connectivity index (χ1n) is 9.29. The van der Waals surface area contributed by atoms with Gasteiger partial charge < -0.3 is 4.74 Å². The van der Waals surface area contributed by atoms with Gasteiger partial charge in [-0.25, -0.2) is 0 Å². The second kappa shape index (κ2) is 8.91. The number of pyridine rings is 1. The molecule has 28 heavy (non-hydrogen) atoms. The molecule has 1 heterocycles. The number of ether oxygens (including phenoxy) is 1. The fraction of sp³-hybridized carbons (Fsp3) is 0.261. The minimum atomic E-state index is -4.34. The van der Waals surface area contributed by atoms with Crippen LogP contribution in [0.1, 0.15) is 36.8 Å². The third kappa shape index (κ3) is 5.12. The molecule has 0 radical (unpaired) electrons. The maximum absolute atomic E-state index is 12.7. The van der Waals surface area contributed by atoms with Crippen LogP contribution in [0.3, 0.4) is 0 Å². The first-order valence-corrected chi connectivity index (χ1v) is 9.29. The highest BCUT2D eigenvalue weighted by molar-refractivity contribution is 5.59. The highest BCUT2D eigenvalue weighted by Crippen LogP contribution is 2.31. The first-order chi connectivity index (χ1) is 13.5. The summed E-state index contributed by atoms with van der Waals surface area (Å²) in [6.07, 6.45) is -0.631. The zero-order chi connectivity index (χ0) is 20.0. The van der Waals surface area contributed by atoms with Gasteiger partial charge in [-0.15, -0.1) is 0 Å². The lowest BCUT2D eigenvalue weighted by Crippen LogP contribution is -2.10. The lowest BCUT2D eigenvalue weighted by atomic mass is 9.95. The molecule has 2 aromatic carbocycles. The van der Waals surface area contributed by atoms with E-state index in [4.69, 9.17) is 4.74 Å². The summed E-state index contributed by atoms with van der Waals surface area (Å²) in [6, 6.07) is 18.8. The van der Waals surface area contributed by atoms with Gasteiger partial charge in [0.25, 0.3) is 0 Å². The first kappa shape index (κ1) is 19.9. The molecule has 0 saturated carbocycles. The number of hydrogen-bond donors (Lipinski definition) is 0. The number of nitrogens with zero attached hydrogens (tertiary/aromatic N) is 1. The summed E-state index contributed by atoms with van der Waals surface area (Å²) in [5, 5.41) is 0. The molecular weight excluding hydrogens is 363 g/mol. The molecule has 1 aromatic heterocycles. The molecule has 0 aliphatic carbocycles. The van der Waals surface area contributed by atoms with Gasteiger partial charge in [-0.3, -0.25) is 4.98 Å². The van der Waals surface area contributed by atoms with Gasteiger partial charge in [0.1, 0.15) is 5.75 Å². The largest absolute Gasteiger partial charge is 0.491 e. The van der Waals surface area contributed by atoms with E-state index >= 15 is 0 Å². The van der Waals surface area contributed by atoms with Crippen molar-refractivity contribution in [1.29, 1.82) is 0 Å². The minimum Gasteiger partial charge on any atom is -0.491 e. The van der Waals surface area contributed by atoms with Gasteiger partial charge in [0.05, 0.1) is 24.1 Å². The lowest BCUT2D eigenvalue weighted by Gasteiger charge is -2.17. The zero-order valence-corrected chi connectivity index (χ0v) is 15.6. The molecule has 0 aliphatic heterocycles. The van der Waals surface area contributed by atoms with Gasteiger partial charge in [-0.2, -0.15) is 13.2 Å². The normalized spacial score (nSPS) is 12.6. The summed E-state index contributed by atoms with van der Waals surface area (Å²) in [7, 11) is 0. The van der Waals surface area contributed by atoms with E-state index in [2.05, 4.69) is 24.0 Å². The summed E-state index contributed by atoms with van der Waals surface area (Å²) in [5.74, 6) is 0.952. The van der Waals surface area contributed by atoms with Crippen LogP contribution in [0.2, 0.25) is 0 Å². The fourth-order valence-electron chi connectivity index (χ4n) is 3.08. The van der Waals surface area contributed by atoms with Crippen molar-refractivity contribution in [2.24, 2.45) is 0 Å². The molecule has 3 rings (SSSR count). The van der Waals surface area contributed by atoms with Crippen LogP contribution < -0.4 is 4.74 Å². The molecule has 5 heteroatoms. The average molecular weight is 385 g/mol. The van der Waals surface area contributed by atoms with E-state index in [1.165, 1.54) is 17.7 Å². The average Bonchev–Trinajstić information content (AvgIpc) is 2.72.